The molecule has 2 rings (SSSR count). The van der Waals surface area contributed by atoms with Crippen LogP contribution in [-0.2, 0) is 17.0 Å². The van der Waals surface area contributed by atoms with Gasteiger partial charge in [0.25, 0.3) is 0 Å². The number of aliphatic carboxylic acids is 1. The fraction of sp³-hybridized carbons (Fsp3) is 0.235. The molecule has 2 aromatic rings. The highest BCUT2D eigenvalue weighted by atomic mass is 32.2. The summed E-state index contributed by atoms with van der Waals surface area (Å²) in [5.74, 6) is -0.628. The maximum Gasteiger partial charge on any atom is 0.316 e. The second-order valence-corrected chi connectivity index (χ2v) is 6.09. The Kier molecular flexibility index (Phi) is 5.39. The Balaban J connectivity index is 2.03. The van der Waals surface area contributed by atoms with Gasteiger partial charge in [0.2, 0.25) is 0 Å². The van der Waals surface area contributed by atoms with Crippen LogP contribution in [0.2, 0.25) is 0 Å². The third-order valence-corrected chi connectivity index (χ3v) is 4.54. The maximum absolute atomic E-state index is 13.3. The molecule has 0 aliphatic heterocycles. The van der Waals surface area contributed by atoms with Gasteiger partial charge in [-0.2, -0.15) is 0 Å². The Morgan fingerprint density at radius 1 is 1.24 bits per heavy atom. The summed E-state index contributed by atoms with van der Waals surface area (Å²) in [6.07, 6.45) is 0.467. The number of aryl methyl sites for hydroxylation is 1. The first-order valence-corrected chi connectivity index (χ1v) is 7.74. The highest BCUT2D eigenvalue weighted by Crippen LogP contribution is 2.24. The lowest BCUT2D eigenvalue weighted by molar-refractivity contribution is -0.136. The van der Waals surface area contributed by atoms with Crippen molar-refractivity contribution in [3.63, 3.8) is 0 Å². The van der Waals surface area contributed by atoms with Gasteiger partial charge in [-0.3, -0.25) is 4.79 Å². The fourth-order valence-electron chi connectivity index (χ4n) is 2.03. The molecule has 1 unspecified atom stereocenters. The van der Waals surface area contributed by atoms with Crippen LogP contribution >= 0.6 is 11.8 Å². The van der Waals surface area contributed by atoms with Crippen molar-refractivity contribution in [1.82, 2.24) is 0 Å². The van der Waals surface area contributed by atoms with Crippen LogP contribution in [0.25, 0.3) is 0 Å². The van der Waals surface area contributed by atoms with Crippen LogP contribution in [0.1, 0.15) is 16.7 Å². The van der Waals surface area contributed by atoms with Crippen molar-refractivity contribution in [2.24, 2.45) is 0 Å². The Labute approximate surface area is 128 Å². The van der Waals surface area contributed by atoms with Crippen LogP contribution in [0.5, 0.6) is 0 Å². The van der Waals surface area contributed by atoms with E-state index in [1.54, 1.807) is 6.07 Å². The monoisotopic (exact) mass is 304 g/mol. The molecule has 1 N–H and O–H groups in total. The number of carbonyl (C=O) groups is 1. The van der Waals surface area contributed by atoms with E-state index in [4.69, 9.17) is 0 Å². The minimum absolute atomic E-state index is 0.286. The van der Waals surface area contributed by atoms with Crippen molar-refractivity contribution in [1.29, 1.82) is 0 Å². The number of benzene rings is 2. The van der Waals surface area contributed by atoms with E-state index in [0.717, 1.165) is 16.7 Å². The van der Waals surface area contributed by atoms with Gasteiger partial charge < -0.3 is 5.11 Å². The molecule has 0 amide bonds. The first kappa shape index (κ1) is 15.6. The lowest BCUT2D eigenvalue weighted by atomic mass is 10.1. The summed E-state index contributed by atoms with van der Waals surface area (Å²) in [4.78, 5) is 11.4. The van der Waals surface area contributed by atoms with E-state index in [1.807, 2.05) is 37.3 Å². The minimum atomic E-state index is -0.835. The molecule has 0 aromatic heterocycles. The average molecular weight is 304 g/mol. The lowest BCUT2D eigenvalue weighted by Crippen LogP contribution is -2.19. The zero-order valence-corrected chi connectivity index (χ0v) is 12.6. The molecule has 110 valence electrons. The lowest BCUT2D eigenvalue weighted by Gasteiger charge is -2.13. The third kappa shape index (κ3) is 4.60. The molecule has 0 heterocycles. The topological polar surface area (TPSA) is 37.3 Å². The number of carboxylic acid groups (broad SMARTS) is 1. The van der Waals surface area contributed by atoms with Crippen molar-refractivity contribution in [2.75, 3.05) is 0 Å². The third-order valence-electron chi connectivity index (χ3n) is 3.29. The van der Waals surface area contributed by atoms with E-state index < -0.39 is 11.2 Å². The number of hydrogen-bond donors (Lipinski definition) is 1. The zero-order chi connectivity index (χ0) is 15.2. The quantitative estimate of drug-likeness (QED) is 0.874. The molecule has 0 aliphatic carbocycles. The van der Waals surface area contributed by atoms with Gasteiger partial charge in [0, 0.05) is 5.75 Å². The van der Waals surface area contributed by atoms with Crippen LogP contribution in [0.4, 0.5) is 4.39 Å². The standard InChI is InChI=1S/C17H17FO2S/c1-12-7-8-15(18)10-14(12)11-21-16(17(19)20)9-13-5-3-2-4-6-13/h2-8,10,16H,9,11H2,1H3,(H,19,20). The minimum Gasteiger partial charge on any atom is -0.480 e. The molecule has 1 atom stereocenters. The number of hydrogen-bond acceptors (Lipinski definition) is 2. The van der Waals surface area contributed by atoms with Crippen LogP contribution in [0.15, 0.2) is 48.5 Å². The molecule has 0 fully saturated rings. The van der Waals surface area contributed by atoms with Crippen LogP contribution < -0.4 is 0 Å². The van der Waals surface area contributed by atoms with Crippen LogP contribution in [0, 0.1) is 12.7 Å². The summed E-state index contributed by atoms with van der Waals surface area (Å²) in [5, 5.41) is 8.81. The number of carboxylic acids is 1. The van der Waals surface area contributed by atoms with Gasteiger partial charge in [-0.15, -0.1) is 11.8 Å². The number of thioether (sulfide) groups is 1. The first-order valence-electron chi connectivity index (χ1n) is 6.69. The molecule has 0 spiro atoms. The van der Waals surface area contributed by atoms with Gasteiger partial charge >= 0.3 is 5.97 Å². The predicted molar refractivity (Wildman–Crippen MR) is 84.0 cm³/mol. The van der Waals surface area contributed by atoms with Gasteiger partial charge in [-0.25, -0.2) is 4.39 Å². The Bertz CT molecular complexity index is 613. The van der Waals surface area contributed by atoms with Crippen LogP contribution in [0.3, 0.4) is 0 Å². The summed E-state index contributed by atoms with van der Waals surface area (Å²) in [6.45, 7) is 1.91. The molecule has 21 heavy (non-hydrogen) atoms. The van der Waals surface area contributed by atoms with Crippen LogP contribution in [-0.4, -0.2) is 16.3 Å². The highest BCUT2D eigenvalue weighted by Gasteiger charge is 2.19. The van der Waals surface area contributed by atoms with Gasteiger partial charge in [0.15, 0.2) is 0 Å². The molecule has 2 nitrogen and oxygen atoms in total. The van der Waals surface area contributed by atoms with Gasteiger partial charge in [0.1, 0.15) is 11.1 Å². The fourth-order valence-corrected chi connectivity index (χ4v) is 3.18. The zero-order valence-electron chi connectivity index (χ0n) is 11.8. The van der Waals surface area contributed by atoms with E-state index in [9.17, 15) is 14.3 Å². The first-order chi connectivity index (χ1) is 10.1. The maximum atomic E-state index is 13.3. The van der Waals surface area contributed by atoms with Gasteiger partial charge in [-0.1, -0.05) is 36.4 Å². The largest absolute Gasteiger partial charge is 0.480 e. The molecular weight excluding hydrogens is 287 g/mol. The van der Waals surface area contributed by atoms with E-state index in [2.05, 4.69) is 0 Å². The Morgan fingerprint density at radius 2 is 1.95 bits per heavy atom. The molecule has 0 saturated heterocycles. The summed E-state index contributed by atoms with van der Waals surface area (Å²) in [7, 11) is 0. The van der Waals surface area contributed by atoms with Crippen molar-refractivity contribution >= 4 is 17.7 Å². The molecule has 2 aromatic carbocycles. The second-order valence-electron chi connectivity index (χ2n) is 4.90. The van der Waals surface area contributed by atoms with E-state index in [1.165, 1.54) is 23.9 Å². The smallest absolute Gasteiger partial charge is 0.316 e. The van der Waals surface area contributed by atoms with Crippen molar-refractivity contribution in [3.8, 4) is 0 Å². The Morgan fingerprint density at radius 3 is 2.62 bits per heavy atom. The van der Waals surface area contributed by atoms with Gasteiger partial charge in [-0.05, 0) is 42.2 Å². The predicted octanol–water partition coefficient (Wildman–Crippen LogP) is 4.06. The van der Waals surface area contributed by atoms with E-state index in [-0.39, 0.29) is 5.82 Å². The van der Waals surface area contributed by atoms with E-state index in [0.29, 0.717) is 12.2 Å². The Hall–Kier alpha value is -1.81. The normalized spacial score (nSPS) is 12.1. The van der Waals surface area contributed by atoms with Gasteiger partial charge in [0.05, 0.1) is 0 Å². The number of halogens is 1. The SMILES string of the molecule is Cc1ccc(F)cc1CSC(Cc1ccccc1)C(=O)O. The van der Waals surface area contributed by atoms with Crippen molar-refractivity contribution in [3.05, 3.63) is 71.0 Å². The van der Waals surface area contributed by atoms with Crippen molar-refractivity contribution in [2.45, 2.75) is 24.3 Å². The summed E-state index contributed by atoms with van der Waals surface area (Å²) in [6, 6.07) is 14.2. The molecular formula is C17H17FO2S. The molecule has 4 heteroatoms. The summed E-state index contributed by atoms with van der Waals surface area (Å²) < 4.78 is 13.3. The number of rotatable bonds is 6. The molecule has 0 saturated carbocycles. The highest BCUT2D eigenvalue weighted by molar-refractivity contribution is 7.99. The summed E-state index contributed by atoms with van der Waals surface area (Å²) >= 11 is 1.33. The molecule has 0 radical (unpaired) electrons. The molecule has 0 aliphatic rings. The average Bonchev–Trinajstić information content (AvgIpc) is 2.47. The second kappa shape index (κ2) is 7.27. The summed E-state index contributed by atoms with van der Waals surface area (Å²) in [5.41, 5.74) is 2.82. The van der Waals surface area contributed by atoms with E-state index >= 15 is 0 Å². The van der Waals surface area contributed by atoms with Crippen molar-refractivity contribution < 1.29 is 14.3 Å². The molecule has 0 bridgehead atoms.